The summed E-state index contributed by atoms with van der Waals surface area (Å²) in [5.74, 6) is 0. The Labute approximate surface area is 108 Å². The van der Waals surface area contributed by atoms with Gasteiger partial charge in [0, 0.05) is 25.0 Å². The minimum absolute atomic E-state index is 0.361. The van der Waals surface area contributed by atoms with Gasteiger partial charge in [-0.05, 0) is 31.4 Å². The van der Waals surface area contributed by atoms with Crippen molar-refractivity contribution in [1.29, 1.82) is 0 Å². The summed E-state index contributed by atoms with van der Waals surface area (Å²) in [7, 11) is 1.91. The van der Waals surface area contributed by atoms with Gasteiger partial charge in [-0.25, -0.2) is 0 Å². The summed E-state index contributed by atoms with van der Waals surface area (Å²) in [6.07, 6.45) is 3.94. The summed E-state index contributed by atoms with van der Waals surface area (Å²) in [5.41, 5.74) is 7.84. The molecule has 1 fully saturated rings. The third kappa shape index (κ3) is 4.91. The van der Waals surface area contributed by atoms with Gasteiger partial charge in [0.25, 0.3) is 0 Å². The quantitative estimate of drug-likeness (QED) is 0.551. The molecule has 0 atom stereocenters. The molecule has 1 aliphatic rings. The Morgan fingerprint density at radius 2 is 2.06 bits per heavy atom. The predicted octanol–water partition coefficient (Wildman–Crippen LogP) is 1.86. The SMILES string of the molecule is CNc1ccccc1.N/C(C=O)=C1\CCCCN1. The Balaban J connectivity index is 0.000000184. The predicted molar refractivity (Wildman–Crippen MR) is 75.1 cm³/mol. The van der Waals surface area contributed by atoms with Crippen molar-refractivity contribution >= 4 is 12.0 Å². The number of nitrogens with one attached hydrogen (secondary N) is 2. The van der Waals surface area contributed by atoms with Gasteiger partial charge in [0.2, 0.25) is 0 Å². The molecule has 18 heavy (non-hydrogen) atoms. The number of anilines is 1. The van der Waals surface area contributed by atoms with Crippen LogP contribution in [0.15, 0.2) is 41.7 Å². The minimum atomic E-state index is 0.361. The van der Waals surface area contributed by atoms with Gasteiger partial charge >= 0.3 is 0 Å². The third-order valence-corrected chi connectivity index (χ3v) is 2.73. The summed E-state index contributed by atoms with van der Waals surface area (Å²) in [6, 6.07) is 10.1. The van der Waals surface area contributed by atoms with Crippen LogP contribution in [0, 0.1) is 0 Å². The maximum Gasteiger partial charge on any atom is 0.167 e. The number of benzene rings is 1. The summed E-state index contributed by atoms with van der Waals surface area (Å²) < 4.78 is 0. The molecular formula is C14H21N3O. The first-order chi connectivity index (χ1) is 8.77. The molecule has 0 amide bonds. The molecule has 0 radical (unpaired) electrons. The highest BCUT2D eigenvalue weighted by molar-refractivity contribution is 5.72. The summed E-state index contributed by atoms with van der Waals surface area (Å²) in [5, 5.41) is 6.12. The van der Waals surface area contributed by atoms with Gasteiger partial charge in [0.05, 0.1) is 5.70 Å². The zero-order valence-electron chi connectivity index (χ0n) is 10.8. The van der Waals surface area contributed by atoms with E-state index in [1.807, 2.05) is 37.4 Å². The van der Waals surface area contributed by atoms with Crippen LogP contribution in [0.2, 0.25) is 0 Å². The lowest BCUT2D eigenvalue weighted by Crippen LogP contribution is -2.24. The molecule has 1 saturated heterocycles. The molecule has 98 valence electrons. The van der Waals surface area contributed by atoms with Crippen LogP contribution in [0.1, 0.15) is 19.3 Å². The first-order valence-electron chi connectivity index (χ1n) is 6.18. The molecule has 0 unspecified atom stereocenters. The van der Waals surface area contributed by atoms with Crippen LogP contribution in [0.5, 0.6) is 0 Å². The molecule has 1 aliphatic heterocycles. The minimum Gasteiger partial charge on any atom is -0.395 e. The number of piperidine rings is 1. The highest BCUT2D eigenvalue weighted by atomic mass is 16.1. The van der Waals surface area contributed by atoms with Crippen molar-refractivity contribution in [3.63, 3.8) is 0 Å². The molecule has 4 heteroatoms. The van der Waals surface area contributed by atoms with Gasteiger partial charge in [0.1, 0.15) is 0 Å². The van der Waals surface area contributed by atoms with Crippen LogP contribution in [-0.2, 0) is 4.79 Å². The van der Waals surface area contributed by atoms with Crippen molar-refractivity contribution < 1.29 is 4.79 Å². The number of rotatable bonds is 2. The lowest BCUT2D eigenvalue weighted by molar-refractivity contribution is -0.105. The normalized spacial score (nSPS) is 16.7. The molecule has 4 nitrogen and oxygen atoms in total. The van der Waals surface area contributed by atoms with E-state index in [1.165, 1.54) is 6.42 Å². The smallest absolute Gasteiger partial charge is 0.167 e. The number of allylic oxidation sites excluding steroid dienone is 2. The monoisotopic (exact) mass is 247 g/mol. The zero-order chi connectivity index (χ0) is 13.2. The fourth-order valence-corrected chi connectivity index (χ4v) is 1.68. The molecule has 0 saturated carbocycles. The summed E-state index contributed by atoms with van der Waals surface area (Å²) in [4.78, 5) is 10.2. The molecule has 0 bridgehead atoms. The number of carbonyl (C=O) groups excluding carboxylic acids is 1. The van der Waals surface area contributed by atoms with Crippen molar-refractivity contribution in [1.82, 2.24) is 5.32 Å². The number of carbonyl (C=O) groups is 1. The highest BCUT2D eigenvalue weighted by Crippen LogP contribution is 2.10. The first kappa shape index (κ1) is 14.1. The lowest BCUT2D eigenvalue weighted by atomic mass is 10.1. The van der Waals surface area contributed by atoms with Gasteiger partial charge in [-0.1, -0.05) is 18.2 Å². The van der Waals surface area contributed by atoms with Crippen LogP contribution in [-0.4, -0.2) is 19.9 Å². The maximum atomic E-state index is 10.2. The van der Waals surface area contributed by atoms with E-state index in [9.17, 15) is 4.79 Å². The van der Waals surface area contributed by atoms with E-state index in [0.29, 0.717) is 12.0 Å². The fourth-order valence-electron chi connectivity index (χ4n) is 1.68. The topological polar surface area (TPSA) is 67.1 Å². The molecule has 1 heterocycles. The molecule has 4 N–H and O–H groups in total. The fraction of sp³-hybridized carbons (Fsp3) is 0.357. The number of aldehydes is 1. The van der Waals surface area contributed by atoms with E-state index in [2.05, 4.69) is 10.6 Å². The van der Waals surface area contributed by atoms with Crippen LogP contribution in [0.25, 0.3) is 0 Å². The molecule has 0 aromatic heterocycles. The zero-order valence-corrected chi connectivity index (χ0v) is 10.8. The largest absolute Gasteiger partial charge is 0.395 e. The average molecular weight is 247 g/mol. The average Bonchev–Trinajstić information content (AvgIpc) is 2.49. The maximum absolute atomic E-state index is 10.2. The highest BCUT2D eigenvalue weighted by Gasteiger charge is 2.06. The van der Waals surface area contributed by atoms with Crippen LogP contribution < -0.4 is 16.4 Å². The van der Waals surface area contributed by atoms with Gasteiger partial charge in [-0.2, -0.15) is 0 Å². The van der Waals surface area contributed by atoms with Gasteiger partial charge in [0.15, 0.2) is 6.29 Å². The lowest BCUT2D eigenvalue weighted by Gasteiger charge is -2.16. The van der Waals surface area contributed by atoms with Gasteiger partial charge in [-0.3, -0.25) is 4.79 Å². The van der Waals surface area contributed by atoms with E-state index >= 15 is 0 Å². The van der Waals surface area contributed by atoms with Crippen molar-refractivity contribution in [2.24, 2.45) is 5.73 Å². The number of nitrogens with two attached hydrogens (primary N) is 1. The van der Waals surface area contributed by atoms with E-state index in [4.69, 9.17) is 5.73 Å². The van der Waals surface area contributed by atoms with Gasteiger partial charge in [-0.15, -0.1) is 0 Å². The van der Waals surface area contributed by atoms with E-state index in [0.717, 1.165) is 30.8 Å². The standard InChI is InChI=1S/C7H12N2O.C7H9N/c8-6(5-10)7-3-1-2-4-9-7;1-8-7-5-3-2-4-6-7/h5,9H,1-4,8H2;2-6,8H,1H3/b7-6+;. The second kappa shape index (κ2) is 8.17. The third-order valence-electron chi connectivity index (χ3n) is 2.73. The Morgan fingerprint density at radius 3 is 2.50 bits per heavy atom. The first-order valence-corrected chi connectivity index (χ1v) is 6.18. The van der Waals surface area contributed by atoms with Crippen molar-refractivity contribution in [2.75, 3.05) is 18.9 Å². The van der Waals surface area contributed by atoms with Crippen LogP contribution >= 0.6 is 0 Å². The van der Waals surface area contributed by atoms with Crippen LogP contribution in [0.3, 0.4) is 0 Å². The molecule has 2 rings (SSSR count). The Hall–Kier alpha value is -1.97. The Kier molecular flexibility index (Phi) is 6.40. The molecule has 0 spiro atoms. The number of para-hydroxylation sites is 1. The second-order valence-corrected chi connectivity index (χ2v) is 4.05. The van der Waals surface area contributed by atoms with E-state index in [1.54, 1.807) is 0 Å². The number of hydrogen-bond acceptors (Lipinski definition) is 4. The molecule has 1 aromatic rings. The summed E-state index contributed by atoms with van der Waals surface area (Å²) in [6.45, 7) is 0.948. The molecular weight excluding hydrogens is 226 g/mol. The second-order valence-electron chi connectivity index (χ2n) is 4.05. The molecule has 1 aromatic carbocycles. The van der Waals surface area contributed by atoms with Crippen molar-refractivity contribution in [3.05, 3.63) is 41.7 Å². The van der Waals surface area contributed by atoms with Crippen molar-refractivity contribution in [2.45, 2.75) is 19.3 Å². The Bertz CT molecular complexity index is 379. The van der Waals surface area contributed by atoms with E-state index < -0.39 is 0 Å². The Morgan fingerprint density at radius 1 is 1.33 bits per heavy atom. The van der Waals surface area contributed by atoms with Crippen LogP contribution in [0.4, 0.5) is 5.69 Å². The molecule has 0 aliphatic carbocycles. The van der Waals surface area contributed by atoms with Gasteiger partial charge < -0.3 is 16.4 Å². The van der Waals surface area contributed by atoms with E-state index in [-0.39, 0.29) is 0 Å². The summed E-state index contributed by atoms with van der Waals surface area (Å²) >= 11 is 0. The number of hydrogen-bond donors (Lipinski definition) is 3. The van der Waals surface area contributed by atoms with Crippen molar-refractivity contribution in [3.8, 4) is 0 Å².